The van der Waals surface area contributed by atoms with E-state index in [9.17, 15) is 4.79 Å². The highest BCUT2D eigenvalue weighted by molar-refractivity contribution is 5.76. The molecule has 1 N–H and O–H groups in total. The van der Waals surface area contributed by atoms with E-state index in [0.717, 1.165) is 23.5 Å². The molecular formula is C22H25N3O. The smallest absolute Gasteiger partial charge is 0.220 e. The molecule has 1 amide bonds. The van der Waals surface area contributed by atoms with Gasteiger partial charge in [0.25, 0.3) is 0 Å². The molecule has 4 nitrogen and oxygen atoms in total. The quantitative estimate of drug-likeness (QED) is 0.731. The van der Waals surface area contributed by atoms with Crippen molar-refractivity contribution < 1.29 is 4.79 Å². The third kappa shape index (κ3) is 4.39. The van der Waals surface area contributed by atoms with Crippen LogP contribution in [0.3, 0.4) is 0 Å². The molecule has 1 heterocycles. The van der Waals surface area contributed by atoms with Gasteiger partial charge in [0, 0.05) is 31.0 Å². The third-order valence-electron chi connectivity index (χ3n) is 4.74. The fraction of sp³-hybridized carbons (Fsp3) is 0.273. The Kier molecular flexibility index (Phi) is 5.52. The van der Waals surface area contributed by atoms with Crippen molar-refractivity contribution >= 4 is 5.91 Å². The number of benzene rings is 2. The number of nitrogens with zero attached hydrogens (tertiary/aromatic N) is 2. The largest absolute Gasteiger partial charge is 0.352 e. The van der Waals surface area contributed by atoms with E-state index in [1.165, 1.54) is 16.7 Å². The molecule has 26 heavy (non-hydrogen) atoms. The van der Waals surface area contributed by atoms with Gasteiger partial charge >= 0.3 is 0 Å². The summed E-state index contributed by atoms with van der Waals surface area (Å²) < 4.78 is 2.03. The average molecular weight is 347 g/mol. The van der Waals surface area contributed by atoms with Crippen molar-refractivity contribution in [2.45, 2.75) is 40.2 Å². The maximum atomic E-state index is 12.1. The molecule has 0 aliphatic carbocycles. The van der Waals surface area contributed by atoms with Crippen LogP contribution >= 0.6 is 0 Å². The summed E-state index contributed by atoms with van der Waals surface area (Å²) in [5, 5.41) is 3.00. The Morgan fingerprint density at radius 1 is 1.00 bits per heavy atom. The van der Waals surface area contributed by atoms with Gasteiger partial charge in [-0.1, -0.05) is 30.3 Å². The Labute approximate surface area is 154 Å². The lowest BCUT2D eigenvalue weighted by Crippen LogP contribution is -2.23. The van der Waals surface area contributed by atoms with Crippen LogP contribution < -0.4 is 5.32 Å². The van der Waals surface area contributed by atoms with E-state index in [2.05, 4.69) is 42.3 Å². The zero-order valence-electron chi connectivity index (χ0n) is 15.6. The van der Waals surface area contributed by atoms with Crippen molar-refractivity contribution in [3.63, 3.8) is 0 Å². The highest BCUT2D eigenvalue weighted by Crippen LogP contribution is 2.13. The lowest BCUT2D eigenvalue weighted by molar-refractivity contribution is -0.121. The summed E-state index contributed by atoms with van der Waals surface area (Å²) in [4.78, 5) is 16.4. The minimum Gasteiger partial charge on any atom is -0.352 e. The first-order valence-corrected chi connectivity index (χ1v) is 8.95. The SMILES string of the molecule is Cc1ccc(CCC(=O)NCc2ccc(-n3ccnc3C)cc2)cc1C. The summed E-state index contributed by atoms with van der Waals surface area (Å²) >= 11 is 0. The maximum Gasteiger partial charge on any atom is 0.220 e. The van der Waals surface area contributed by atoms with Gasteiger partial charge in [-0.3, -0.25) is 4.79 Å². The fourth-order valence-electron chi connectivity index (χ4n) is 2.93. The minimum atomic E-state index is 0.0813. The van der Waals surface area contributed by atoms with Crippen LogP contribution in [0, 0.1) is 20.8 Å². The Bertz CT molecular complexity index is 894. The van der Waals surface area contributed by atoms with Crippen molar-refractivity contribution in [2.24, 2.45) is 0 Å². The van der Waals surface area contributed by atoms with E-state index in [1.807, 2.05) is 42.0 Å². The maximum absolute atomic E-state index is 12.1. The number of aromatic nitrogens is 2. The normalized spacial score (nSPS) is 10.7. The third-order valence-corrected chi connectivity index (χ3v) is 4.74. The van der Waals surface area contributed by atoms with Gasteiger partial charge in [0.05, 0.1) is 0 Å². The zero-order valence-corrected chi connectivity index (χ0v) is 15.6. The number of rotatable bonds is 6. The molecule has 0 saturated heterocycles. The predicted molar refractivity (Wildman–Crippen MR) is 104 cm³/mol. The van der Waals surface area contributed by atoms with E-state index in [4.69, 9.17) is 0 Å². The van der Waals surface area contributed by atoms with E-state index >= 15 is 0 Å². The molecule has 2 aromatic carbocycles. The molecule has 0 radical (unpaired) electrons. The average Bonchev–Trinajstić information content (AvgIpc) is 3.07. The molecule has 3 aromatic rings. The van der Waals surface area contributed by atoms with E-state index < -0.39 is 0 Å². The minimum absolute atomic E-state index is 0.0813. The van der Waals surface area contributed by atoms with Crippen LogP contribution in [-0.4, -0.2) is 15.5 Å². The molecule has 134 valence electrons. The summed E-state index contributed by atoms with van der Waals surface area (Å²) in [5.74, 6) is 1.04. The van der Waals surface area contributed by atoms with Gasteiger partial charge in [0.1, 0.15) is 5.82 Å². The number of amides is 1. The van der Waals surface area contributed by atoms with E-state index in [1.54, 1.807) is 6.20 Å². The molecule has 4 heteroatoms. The van der Waals surface area contributed by atoms with Crippen molar-refractivity contribution in [1.29, 1.82) is 0 Å². The molecule has 0 unspecified atom stereocenters. The fourth-order valence-corrected chi connectivity index (χ4v) is 2.93. The number of aryl methyl sites for hydroxylation is 4. The molecule has 0 aliphatic heterocycles. The standard InChI is InChI=1S/C22H25N3O/c1-16-4-5-19(14-17(16)2)8-11-22(26)24-15-20-6-9-21(10-7-20)25-13-12-23-18(25)3/h4-7,9-10,12-14H,8,11,15H2,1-3H3,(H,24,26). The number of carbonyl (C=O) groups is 1. The number of carbonyl (C=O) groups excluding carboxylic acids is 1. The zero-order chi connectivity index (χ0) is 18.5. The Hall–Kier alpha value is -2.88. The first-order valence-electron chi connectivity index (χ1n) is 8.95. The molecule has 0 atom stereocenters. The van der Waals surface area contributed by atoms with Gasteiger partial charge in [-0.2, -0.15) is 0 Å². The van der Waals surface area contributed by atoms with Crippen LogP contribution in [0.15, 0.2) is 54.9 Å². The van der Waals surface area contributed by atoms with Gasteiger partial charge in [-0.05, 0) is 61.6 Å². The van der Waals surface area contributed by atoms with Crippen LogP contribution in [0.4, 0.5) is 0 Å². The monoisotopic (exact) mass is 347 g/mol. The van der Waals surface area contributed by atoms with Gasteiger partial charge < -0.3 is 9.88 Å². The Morgan fingerprint density at radius 2 is 1.73 bits per heavy atom. The summed E-state index contributed by atoms with van der Waals surface area (Å²) in [6.45, 7) is 6.73. The van der Waals surface area contributed by atoms with Gasteiger partial charge in [0.2, 0.25) is 5.91 Å². The number of imidazole rings is 1. The van der Waals surface area contributed by atoms with Crippen LogP contribution in [0.25, 0.3) is 5.69 Å². The predicted octanol–water partition coefficient (Wildman–Crippen LogP) is 4.05. The van der Waals surface area contributed by atoms with Crippen LogP contribution in [0.1, 0.15) is 34.5 Å². The molecule has 0 fully saturated rings. The topological polar surface area (TPSA) is 46.9 Å². The number of hydrogen-bond donors (Lipinski definition) is 1. The molecular weight excluding hydrogens is 322 g/mol. The Morgan fingerprint density at radius 3 is 2.38 bits per heavy atom. The molecule has 0 aliphatic rings. The van der Waals surface area contributed by atoms with Crippen molar-refractivity contribution in [3.05, 3.63) is 82.9 Å². The van der Waals surface area contributed by atoms with E-state index in [0.29, 0.717) is 13.0 Å². The number of hydrogen-bond acceptors (Lipinski definition) is 2. The molecule has 0 saturated carbocycles. The second-order valence-corrected chi connectivity index (χ2v) is 6.71. The number of nitrogens with one attached hydrogen (secondary N) is 1. The summed E-state index contributed by atoms with van der Waals surface area (Å²) in [5.41, 5.74) is 5.93. The van der Waals surface area contributed by atoms with Crippen LogP contribution in [0.5, 0.6) is 0 Å². The molecule has 0 bridgehead atoms. The first kappa shape index (κ1) is 17.9. The van der Waals surface area contributed by atoms with Crippen molar-refractivity contribution in [3.8, 4) is 5.69 Å². The molecule has 0 spiro atoms. The van der Waals surface area contributed by atoms with E-state index in [-0.39, 0.29) is 5.91 Å². The van der Waals surface area contributed by atoms with Crippen LogP contribution in [-0.2, 0) is 17.8 Å². The molecule has 1 aromatic heterocycles. The highest BCUT2D eigenvalue weighted by Gasteiger charge is 2.05. The second kappa shape index (κ2) is 8.00. The highest BCUT2D eigenvalue weighted by atomic mass is 16.1. The lowest BCUT2D eigenvalue weighted by atomic mass is 10.0. The van der Waals surface area contributed by atoms with Gasteiger partial charge in [-0.15, -0.1) is 0 Å². The first-order chi connectivity index (χ1) is 12.5. The molecule has 3 rings (SSSR count). The lowest BCUT2D eigenvalue weighted by Gasteiger charge is -2.09. The summed E-state index contributed by atoms with van der Waals surface area (Å²) in [6, 6.07) is 14.6. The van der Waals surface area contributed by atoms with Crippen molar-refractivity contribution in [1.82, 2.24) is 14.9 Å². The van der Waals surface area contributed by atoms with Crippen molar-refractivity contribution in [2.75, 3.05) is 0 Å². The summed E-state index contributed by atoms with van der Waals surface area (Å²) in [7, 11) is 0. The van der Waals surface area contributed by atoms with Gasteiger partial charge in [0.15, 0.2) is 0 Å². The van der Waals surface area contributed by atoms with Gasteiger partial charge in [-0.25, -0.2) is 4.98 Å². The van der Waals surface area contributed by atoms with Crippen LogP contribution in [0.2, 0.25) is 0 Å². The summed E-state index contributed by atoms with van der Waals surface area (Å²) in [6.07, 6.45) is 5.01. The Balaban J connectivity index is 1.49. The second-order valence-electron chi connectivity index (χ2n) is 6.71.